The second-order valence-corrected chi connectivity index (χ2v) is 7.14. The number of hydrogen-bond acceptors (Lipinski definition) is 4. The lowest BCUT2D eigenvalue weighted by Gasteiger charge is -2.10. The number of aromatic nitrogens is 2. The highest BCUT2D eigenvalue weighted by Crippen LogP contribution is 2.29. The third kappa shape index (κ3) is 2.04. The SMILES string of the molecule is O=Cc1cc2ncc3ccccc3c2n1S(=O)(=O)c1ccccc1. The van der Waals surface area contributed by atoms with Gasteiger partial charge >= 0.3 is 0 Å². The molecule has 0 amide bonds. The first-order valence-corrected chi connectivity index (χ1v) is 8.72. The smallest absolute Gasteiger partial charge is 0.268 e. The topological polar surface area (TPSA) is 69.0 Å². The monoisotopic (exact) mass is 336 g/mol. The number of pyridine rings is 1. The number of aldehydes is 1. The Kier molecular flexibility index (Phi) is 3.21. The predicted molar refractivity (Wildman–Crippen MR) is 91.7 cm³/mol. The summed E-state index contributed by atoms with van der Waals surface area (Å²) in [6.45, 7) is 0. The Morgan fingerprint density at radius 1 is 0.958 bits per heavy atom. The maximum absolute atomic E-state index is 13.1. The van der Waals surface area contributed by atoms with Crippen molar-refractivity contribution in [2.75, 3.05) is 0 Å². The summed E-state index contributed by atoms with van der Waals surface area (Å²) in [7, 11) is -3.91. The van der Waals surface area contributed by atoms with E-state index in [1.54, 1.807) is 24.4 Å². The van der Waals surface area contributed by atoms with Crippen LogP contribution >= 0.6 is 0 Å². The van der Waals surface area contributed by atoms with Gasteiger partial charge in [0.15, 0.2) is 6.29 Å². The minimum absolute atomic E-state index is 0.0534. The van der Waals surface area contributed by atoms with Crippen molar-refractivity contribution in [3.05, 3.63) is 72.6 Å². The van der Waals surface area contributed by atoms with Crippen LogP contribution in [0.15, 0.2) is 71.8 Å². The van der Waals surface area contributed by atoms with Crippen LogP contribution in [0.25, 0.3) is 21.8 Å². The van der Waals surface area contributed by atoms with Crippen molar-refractivity contribution < 1.29 is 13.2 Å². The molecule has 0 saturated heterocycles. The van der Waals surface area contributed by atoms with Crippen molar-refractivity contribution >= 4 is 38.1 Å². The Bertz CT molecular complexity index is 1180. The maximum Gasteiger partial charge on any atom is 0.268 e. The highest BCUT2D eigenvalue weighted by atomic mass is 32.2. The number of fused-ring (bicyclic) bond motifs is 3. The van der Waals surface area contributed by atoms with Crippen molar-refractivity contribution in [3.8, 4) is 0 Å². The van der Waals surface area contributed by atoms with E-state index in [9.17, 15) is 13.2 Å². The average molecular weight is 336 g/mol. The zero-order valence-corrected chi connectivity index (χ0v) is 13.3. The van der Waals surface area contributed by atoms with E-state index in [1.165, 1.54) is 18.2 Å². The molecular formula is C18H12N2O3S. The molecule has 0 aliphatic carbocycles. The van der Waals surface area contributed by atoms with Gasteiger partial charge in [0.1, 0.15) is 0 Å². The molecule has 0 unspecified atom stereocenters. The molecule has 2 heterocycles. The predicted octanol–water partition coefficient (Wildman–Crippen LogP) is 3.24. The fourth-order valence-corrected chi connectivity index (χ4v) is 4.37. The largest absolute Gasteiger partial charge is 0.296 e. The first kappa shape index (κ1) is 14.6. The van der Waals surface area contributed by atoms with Crippen molar-refractivity contribution in [3.63, 3.8) is 0 Å². The van der Waals surface area contributed by atoms with E-state index in [0.717, 1.165) is 14.7 Å². The molecule has 0 spiro atoms. The van der Waals surface area contributed by atoms with E-state index in [2.05, 4.69) is 4.98 Å². The van der Waals surface area contributed by atoms with Crippen LogP contribution in [0.3, 0.4) is 0 Å². The van der Waals surface area contributed by atoms with E-state index in [0.29, 0.717) is 17.3 Å². The van der Waals surface area contributed by atoms with Crippen molar-refractivity contribution in [2.45, 2.75) is 4.90 Å². The molecule has 2 aromatic heterocycles. The number of nitrogens with zero attached hydrogens (tertiary/aromatic N) is 2. The fraction of sp³-hybridized carbons (Fsp3) is 0. The molecule has 118 valence electrons. The number of carbonyl (C=O) groups is 1. The average Bonchev–Trinajstić information content (AvgIpc) is 3.02. The molecule has 0 fully saturated rings. The highest BCUT2D eigenvalue weighted by Gasteiger charge is 2.24. The first-order chi connectivity index (χ1) is 11.6. The van der Waals surface area contributed by atoms with Gasteiger partial charge < -0.3 is 0 Å². The lowest BCUT2D eigenvalue weighted by molar-refractivity contribution is 0.111. The summed E-state index contributed by atoms with van der Waals surface area (Å²) in [5.74, 6) is 0. The normalized spacial score (nSPS) is 11.8. The summed E-state index contributed by atoms with van der Waals surface area (Å²) in [6, 6.07) is 16.9. The van der Waals surface area contributed by atoms with Crippen LogP contribution in [0, 0.1) is 0 Å². The molecule has 4 aromatic rings. The summed E-state index contributed by atoms with van der Waals surface area (Å²) in [5.41, 5.74) is 0.937. The van der Waals surface area contributed by atoms with E-state index in [4.69, 9.17) is 0 Å². The molecule has 0 radical (unpaired) electrons. The fourth-order valence-electron chi connectivity index (χ4n) is 2.85. The third-order valence-electron chi connectivity index (χ3n) is 3.93. The van der Waals surface area contributed by atoms with Gasteiger partial charge in [-0.05, 0) is 18.2 Å². The van der Waals surface area contributed by atoms with Crippen molar-refractivity contribution in [1.82, 2.24) is 8.96 Å². The second-order valence-electron chi connectivity index (χ2n) is 5.35. The summed E-state index contributed by atoms with van der Waals surface area (Å²) in [4.78, 5) is 15.9. The van der Waals surface area contributed by atoms with E-state index < -0.39 is 10.0 Å². The molecule has 6 heteroatoms. The van der Waals surface area contributed by atoms with Crippen molar-refractivity contribution in [1.29, 1.82) is 0 Å². The highest BCUT2D eigenvalue weighted by molar-refractivity contribution is 7.90. The van der Waals surface area contributed by atoms with E-state index in [-0.39, 0.29) is 10.6 Å². The number of rotatable bonds is 3. The van der Waals surface area contributed by atoms with Gasteiger partial charge in [-0.25, -0.2) is 12.4 Å². The third-order valence-corrected chi connectivity index (χ3v) is 5.67. The van der Waals surface area contributed by atoms with Crippen LogP contribution in [-0.2, 0) is 10.0 Å². The van der Waals surface area contributed by atoms with Gasteiger partial charge in [-0.2, -0.15) is 0 Å². The van der Waals surface area contributed by atoms with E-state index in [1.807, 2.05) is 24.3 Å². The molecule has 0 aliphatic heterocycles. The Morgan fingerprint density at radius 3 is 2.42 bits per heavy atom. The molecule has 4 rings (SSSR count). The summed E-state index contributed by atoms with van der Waals surface area (Å²) >= 11 is 0. The number of carbonyl (C=O) groups excluding carboxylic acids is 1. The Morgan fingerprint density at radius 2 is 1.67 bits per heavy atom. The molecular weight excluding hydrogens is 324 g/mol. The zero-order chi connectivity index (χ0) is 16.7. The minimum atomic E-state index is -3.91. The van der Waals surface area contributed by atoms with Crippen LogP contribution < -0.4 is 0 Å². The van der Waals surface area contributed by atoms with Gasteiger partial charge in [0.2, 0.25) is 0 Å². The molecule has 0 aliphatic rings. The van der Waals surface area contributed by atoms with Gasteiger partial charge in [0, 0.05) is 17.0 Å². The lowest BCUT2D eigenvalue weighted by atomic mass is 10.1. The zero-order valence-electron chi connectivity index (χ0n) is 12.5. The minimum Gasteiger partial charge on any atom is -0.296 e. The summed E-state index contributed by atoms with van der Waals surface area (Å²) < 4.78 is 27.3. The van der Waals surface area contributed by atoms with Crippen molar-refractivity contribution in [2.24, 2.45) is 0 Å². The van der Waals surface area contributed by atoms with Crippen LogP contribution in [0.5, 0.6) is 0 Å². The molecule has 0 N–H and O–H groups in total. The van der Waals surface area contributed by atoms with Gasteiger partial charge in [0.25, 0.3) is 10.0 Å². The van der Waals surface area contributed by atoms with Crippen LogP contribution in [-0.4, -0.2) is 23.7 Å². The standard InChI is InChI=1S/C18H12N2O3S/c21-12-14-10-17-18(16-9-5-4-6-13(16)11-19-17)20(14)24(22,23)15-7-2-1-3-8-15/h1-12H. The molecule has 5 nitrogen and oxygen atoms in total. The first-order valence-electron chi connectivity index (χ1n) is 7.28. The number of benzene rings is 2. The van der Waals surface area contributed by atoms with Gasteiger partial charge in [0.05, 0.1) is 21.6 Å². The molecule has 0 atom stereocenters. The summed E-state index contributed by atoms with van der Waals surface area (Å²) in [6.07, 6.45) is 2.21. The maximum atomic E-state index is 13.1. The van der Waals surface area contributed by atoms with Crippen LogP contribution in [0.2, 0.25) is 0 Å². The quantitative estimate of drug-likeness (QED) is 0.539. The van der Waals surface area contributed by atoms with Gasteiger partial charge in [-0.1, -0.05) is 42.5 Å². The van der Waals surface area contributed by atoms with E-state index >= 15 is 0 Å². The Hall–Kier alpha value is -2.99. The number of hydrogen-bond donors (Lipinski definition) is 0. The molecule has 0 saturated carbocycles. The van der Waals surface area contributed by atoms with Crippen LogP contribution in [0.1, 0.15) is 10.5 Å². The van der Waals surface area contributed by atoms with Gasteiger partial charge in [-0.3, -0.25) is 9.78 Å². The Labute approximate surface area is 138 Å². The second kappa shape index (κ2) is 5.28. The van der Waals surface area contributed by atoms with Gasteiger partial charge in [-0.15, -0.1) is 0 Å². The molecule has 2 aromatic carbocycles. The Balaban J connectivity index is 2.18. The lowest BCUT2D eigenvalue weighted by Crippen LogP contribution is -2.15. The molecule has 0 bridgehead atoms. The molecule has 24 heavy (non-hydrogen) atoms. The van der Waals surface area contributed by atoms with Crippen LogP contribution in [0.4, 0.5) is 0 Å². The summed E-state index contributed by atoms with van der Waals surface area (Å²) in [5, 5.41) is 1.54.